The summed E-state index contributed by atoms with van der Waals surface area (Å²) in [4.78, 5) is 40.0. The van der Waals surface area contributed by atoms with E-state index in [0.29, 0.717) is 22.5 Å². The van der Waals surface area contributed by atoms with Crippen LogP contribution in [-0.4, -0.2) is 50.2 Å². The molecule has 4 fully saturated rings. The molecule has 0 radical (unpaired) electrons. The second kappa shape index (κ2) is 9.55. The molecule has 1 aromatic carbocycles. The Balaban J connectivity index is 1.22. The molecule has 1 saturated carbocycles. The summed E-state index contributed by atoms with van der Waals surface area (Å²) in [5, 5.41) is 0.456. The molecule has 6 rings (SSSR count). The Hall–Kier alpha value is -3.51. The van der Waals surface area contributed by atoms with E-state index in [-0.39, 0.29) is 24.1 Å². The van der Waals surface area contributed by atoms with Gasteiger partial charge in [-0.1, -0.05) is 18.7 Å². The van der Waals surface area contributed by atoms with Crippen LogP contribution in [0.4, 0.5) is 22.0 Å². The van der Waals surface area contributed by atoms with Crippen LogP contribution in [0.15, 0.2) is 36.5 Å². The molecule has 2 aromatic rings. The highest BCUT2D eigenvalue weighted by Crippen LogP contribution is 2.49. The van der Waals surface area contributed by atoms with Gasteiger partial charge in [-0.2, -0.15) is 0 Å². The van der Waals surface area contributed by atoms with Crippen molar-refractivity contribution in [2.45, 2.75) is 102 Å². The van der Waals surface area contributed by atoms with Gasteiger partial charge in [0.15, 0.2) is 5.11 Å². The Bertz CT molecular complexity index is 1410. The van der Waals surface area contributed by atoms with E-state index >= 15 is 0 Å². The summed E-state index contributed by atoms with van der Waals surface area (Å²) in [7, 11) is 0. The highest BCUT2D eigenvalue weighted by Gasteiger charge is 2.59. The van der Waals surface area contributed by atoms with E-state index in [9.17, 15) is 9.59 Å². The number of thiocarbonyl (C=S) groups is 1. The predicted octanol–water partition coefficient (Wildman–Crippen LogP) is 6.65. The molecule has 4 heterocycles. The van der Waals surface area contributed by atoms with Gasteiger partial charge in [0, 0.05) is 17.8 Å². The molecule has 208 valence electrons. The average Bonchev–Trinajstić information content (AvgIpc) is 3.28. The summed E-state index contributed by atoms with van der Waals surface area (Å²) in [6, 6.07) is 10.8. The smallest absolute Gasteiger partial charge is 0.410 e. The molecule has 3 saturated heterocycles. The van der Waals surface area contributed by atoms with E-state index in [4.69, 9.17) is 23.5 Å². The third-order valence-corrected chi connectivity index (χ3v) is 9.32. The van der Waals surface area contributed by atoms with Crippen LogP contribution in [0.5, 0.6) is 0 Å². The molecule has 4 aliphatic rings. The minimum Gasteiger partial charge on any atom is -0.444 e. The molecule has 2 unspecified atom stereocenters. The number of nitrogens with zero attached hydrogens (tertiary/aromatic N) is 5. The number of hydrogen-bond acceptors (Lipinski definition) is 5. The summed E-state index contributed by atoms with van der Waals surface area (Å²) in [6.45, 7) is 14.9. The third-order valence-electron chi connectivity index (χ3n) is 8.95. The lowest BCUT2D eigenvalue weighted by molar-refractivity contribution is -0.123. The van der Waals surface area contributed by atoms with Gasteiger partial charge in [-0.05, 0) is 120 Å². The van der Waals surface area contributed by atoms with E-state index in [1.807, 2.05) is 43.6 Å². The molecule has 3 aliphatic heterocycles. The first kappa shape index (κ1) is 26.7. The highest BCUT2D eigenvalue weighted by atomic mass is 32.1. The number of carbonyl (C=O) groups is 2. The first-order valence-electron chi connectivity index (χ1n) is 14.2. The number of ether oxygens (including phenoxy) is 1. The van der Waals surface area contributed by atoms with Crippen molar-refractivity contribution in [2.24, 2.45) is 0 Å². The molecule has 0 N–H and O–H groups in total. The number of aryl methyl sites for hydroxylation is 1. The largest absolute Gasteiger partial charge is 0.444 e. The minimum atomic E-state index is -0.664. The van der Waals surface area contributed by atoms with Crippen LogP contribution < -0.4 is 9.80 Å². The topological polar surface area (TPSA) is 70.3 Å². The molecule has 1 spiro atoms. The van der Waals surface area contributed by atoms with Gasteiger partial charge >= 0.3 is 6.09 Å². The maximum absolute atomic E-state index is 13.8. The fourth-order valence-corrected chi connectivity index (χ4v) is 7.43. The number of anilines is 2. The quantitative estimate of drug-likeness (QED) is 0.311. The number of benzene rings is 1. The number of aromatic nitrogens is 1. The fourth-order valence-electron chi connectivity index (χ4n) is 6.96. The first-order valence-corrected chi connectivity index (χ1v) is 14.6. The van der Waals surface area contributed by atoms with Gasteiger partial charge in [0.1, 0.15) is 17.3 Å². The third kappa shape index (κ3) is 4.24. The summed E-state index contributed by atoms with van der Waals surface area (Å²) < 4.78 is 5.71. The van der Waals surface area contributed by atoms with Gasteiger partial charge in [-0.3, -0.25) is 9.69 Å². The zero-order chi connectivity index (χ0) is 28.4. The zero-order valence-corrected chi connectivity index (χ0v) is 24.3. The van der Waals surface area contributed by atoms with Gasteiger partial charge in [-0.25, -0.2) is 4.79 Å². The molecule has 2 amide bonds. The molecule has 1 aliphatic carbocycles. The van der Waals surface area contributed by atoms with Crippen LogP contribution >= 0.6 is 12.2 Å². The normalized spacial score (nSPS) is 25.3. The number of carbonyl (C=O) groups excluding carboxylic acids is 2. The van der Waals surface area contributed by atoms with Gasteiger partial charge < -0.3 is 19.4 Å². The second-order valence-electron chi connectivity index (χ2n) is 12.6. The first-order chi connectivity index (χ1) is 19.0. The number of piperidine rings is 1. The van der Waals surface area contributed by atoms with Gasteiger partial charge in [0.25, 0.3) is 11.7 Å². The number of pyridine rings is 1. The molecule has 2 atom stereocenters. The van der Waals surface area contributed by atoms with Crippen molar-refractivity contribution in [1.29, 1.82) is 0 Å². The predicted molar refractivity (Wildman–Crippen MR) is 158 cm³/mol. The lowest BCUT2D eigenvalue weighted by Gasteiger charge is -2.43. The van der Waals surface area contributed by atoms with Crippen LogP contribution in [0.2, 0.25) is 0 Å². The van der Waals surface area contributed by atoms with Crippen molar-refractivity contribution in [3.8, 4) is 0 Å². The van der Waals surface area contributed by atoms with Crippen LogP contribution in [0.1, 0.15) is 82.8 Å². The Labute approximate surface area is 241 Å². The summed E-state index contributed by atoms with van der Waals surface area (Å²) >= 11 is 5.92. The maximum atomic E-state index is 13.8. The van der Waals surface area contributed by atoms with Crippen LogP contribution in [0.3, 0.4) is 0 Å². The number of fused-ring (bicyclic) bond motifs is 2. The van der Waals surface area contributed by atoms with E-state index in [2.05, 4.69) is 34.1 Å². The molecule has 2 bridgehead atoms. The molecule has 1 aromatic heterocycles. The Morgan fingerprint density at radius 2 is 1.77 bits per heavy atom. The van der Waals surface area contributed by atoms with Crippen molar-refractivity contribution in [2.75, 3.05) is 9.80 Å². The van der Waals surface area contributed by atoms with Crippen LogP contribution in [0.25, 0.3) is 4.85 Å². The van der Waals surface area contributed by atoms with Crippen LogP contribution in [-0.2, 0) is 9.53 Å². The highest BCUT2D eigenvalue weighted by molar-refractivity contribution is 7.81. The summed E-state index contributed by atoms with van der Waals surface area (Å²) in [6.07, 6.45) is 7.77. The molecule has 40 heavy (non-hydrogen) atoms. The molecule has 9 heteroatoms. The van der Waals surface area contributed by atoms with E-state index in [1.54, 1.807) is 11.1 Å². The number of hydrogen-bond donors (Lipinski definition) is 0. The SMILES string of the molecule is [C-]#[N+]c1ncc(N2C(=O)C3(CCC3)N(c3ccc(C4CC5CCC(C4)N5C(=O)OC(C)(C)C)cc3)C2=S)cc1C. The molecule has 8 nitrogen and oxygen atoms in total. The van der Waals surface area contributed by atoms with Gasteiger partial charge in [0.05, 0.1) is 5.69 Å². The Kier molecular flexibility index (Phi) is 6.37. The maximum Gasteiger partial charge on any atom is 0.410 e. The number of rotatable bonds is 3. The van der Waals surface area contributed by atoms with Crippen molar-refractivity contribution in [1.82, 2.24) is 9.88 Å². The summed E-state index contributed by atoms with van der Waals surface area (Å²) in [5.74, 6) is 0.690. The van der Waals surface area contributed by atoms with Crippen molar-refractivity contribution < 1.29 is 14.3 Å². The van der Waals surface area contributed by atoms with Crippen LogP contribution in [0, 0.1) is 13.5 Å². The van der Waals surface area contributed by atoms with E-state index in [1.165, 1.54) is 5.56 Å². The van der Waals surface area contributed by atoms with E-state index in [0.717, 1.165) is 56.2 Å². The average molecular weight is 558 g/mol. The Morgan fingerprint density at radius 1 is 1.12 bits per heavy atom. The lowest BCUT2D eigenvalue weighted by Crippen LogP contribution is -2.55. The summed E-state index contributed by atoms with van der Waals surface area (Å²) in [5.41, 5.74) is 2.35. The zero-order valence-electron chi connectivity index (χ0n) is 23.5. The monoisotopic (exact) mass is 557 g/mol. The standard InChI is InChI=1S/C31H35N5O3S/c1-19-15-25(18-33-26(19)32-5)35-27(37)31(13-6-14-31)36(28(35)40)22-9-7-20(8-10-22)21-16-23-11-12-24(17-21)34(23)29(38)39-30(2,3)4/h7-10,15,18,21,23-24H,6,11-14,16-17H2,1-4H3. The molecular formula is C31H35N5O3S. The number of amides is 2. The molecular weight excluding hydrogens is 522 g/mol. The lowest BCUT2D eigenvalue weighted by atomic mass is 9.75. The Morgan fingerprint density at radius 3 is 2.30 bits per heavy atom. The van der Waals surface area contributed by atoms with Crippen molar-refractivity contribution >= 4 is 46.5 Å². The van der Waals surface area contributed by atoms with Crippen molar-refractivity contribution in [3.05, 3.63) is 59.1 Å². The van der Waals surface area contributed by atoms with Crippen molar-refractivity contribution in [3.63, 3.8) is 0 Å². The van der Waals surface area contributed by atoms with E-state index < -0.39 is 11.1 Å². The second-order valence-corrected chi connectivity index (χ2v) is 13.0. The fraction of sp³-hybridized carbons (Fsp3) is 0.516. The van der Waals surface area contributed by atoms with Gasteiger partial charge in [0.2, 0.25) is 0 Å². The minimum absolute atomic E-state index is 0.0179. The van der Waals surface area contributed by atoms with Gasteiger partial charge in [-0.15, -0.1) is 4.98 Å².